The smallest absolute Gasteiger partial charge is 0.000975 e. The second-order valence-corrected chi connectivity index (χ2v) is 3.75. The number of rotatable bonds is 2. The molecule has 1 aliphatic heterocycles. The normalized spacial score (nSPS) is 35.1. The van der Waals surface area contributed by atoms with Crippen molar-refractivity contribution in [2.24, 2.45) is 11.8 Å². The number of likely N-dealkylation sites (tertiary alicyclic amines) is 1. The Kier molecular flexibility index (Phi) is 2.72. The maximum atomic E-state index is 2.45. The van der Waals surface area contributed by atoms with E-state index in [1.165, 1.54) is 25.9 Å². The molecule has 0 aromatic carbocycles. The third-order valence-electron chi connectivity index (χ3n) is 2.61. The van der Waals surface area contributed by atoms with Crippen LogP contribution in [0.25, 0.3) is 0 Å². The summed E-state index contributed by atoms with van der Waals surface area (Å²) in [6.07, 6.45) is 2.77. The van der Waals surface area contributed by atoms with Crippen LogP contribution in [0, 0.1) is 11.8 Å². The van der Waals surface area contributed by atoms with E-state index in [9.17, 15) is 0 Å². The van der Waals surface area contributed by atoms with Crippen molar-refractivity contribution in [3.63, 3.8) is 0 Å². The molecule has 1 unspecified atom stereocenters. The number of hydrogen-bond donors (Lipinski definition) is 0. The van der Waals surface area contributed by atoms with Crippen LogP contribution >= 0.6 is 0 Å². The van der Waals surface area contributed by atoms with Gasteiger partial charge in [-0.15, -0.1) is 0 Å². The molecule has 2 atom stereocenters. The molecule has 0 saturated carbocycles. The van der Waals surface area contributed by atoms with Crippen LogP contribution in [0.1, 0.15) is 26.7 Å². The second kappa shape index (κ2) is 3.38. The van der Waals surface area contributed by atoms with Crippen LogP contribution in [-0.4, -0.2) is 25.0 Å². The molecule has 0 radical (unpaired) electrons. The van der Waals surface area contributed by atoms with Crippen LogP contribution in [0.4, 0.5) is 0 Å². The molecule has 1 rings (SSSR count). The zero-order valence-corrected chi connectivity index (χ0v) is 7.43. The summed E-state index contributed by atoms with van der Waals surface area (Å²) in [6.45, 7) is 7.30. The van der Waals surface area contributed by atoms with E-state index in [1.54, 1.807) is 0 Å². The Hall–Kier alpha value is -0.0400. The highest BCUT2D eigenvalue weighted by Gasteiger charge is 2.25. The average molecular weight is 141 g/mol. The fraction of sp³-hybridized carbons (Fsp3) is 1.00. The summed E-state index contributed by atoms with van der Waals surface area (Å²) in [5, 5.41) is 0. The Morgan fingerprint density at radius 1 is 1.40 bits per heavy atom. The highest BCUT2D eigenvalue weighted by molar-refractivity contribution is 4.78. The Bertz CT molecular complexity index is 101. The van der Waals surface area contributed by atoms with Gasteiger partial charge in [-0.2, -0.15) is 0 Å². The van der Waals surface area contributed by atoms with Crippen LogP contribution in [-0.2, 0) is 0 Å². The van der Waals surface area contributed by atoms with Crippen LogP contribution < -0.4 is 0 Å². The molecule has 10 heavy (non-hydrogen) atoms. The fourth-order valence-electron chi connectivity index (χ4n) is 2.04. The summed E-state index contributed by atoms with van der Waals surface area (Å²) in [6, 6.07) is 0. The highest BCUT2D eigenvalue weighted by Crippen LogP contribution is 2.25. The van der Waals surface area contributed by atoms with Crippen molar-refractivity contribution in [2.45, 2.75) is 26.7 Å². The molecule has 1 heterocycles. The van der Waals surface area contributed by atoms with Gasteiger partial charge in [0.15, 0.2) is 0 Å². The lowest BCUT2D eigenvalue weighted by atomic mass is 9.94. The zero-order valence-electron chi connectivity index (χ0n) is 7.43. The van der Waals surface area contributed by atoms with Crippen LogP contribution in [0.3, 0.4) is 0 Å². The van der Waals surface area contributed by atoms with E-state index >= 15 is 0 Å². The summed E-state index contributed by atoms with van der Waals surface area (Å²) in [5.41, 5.74) is 0. The first-order valence-corrected chi connectivity index (χ1v) is 4.42. The lowest BCUT2D eigenvalue weighted by Gasteiger charge is -2.11. The van der Waals surface area contributed by atoms with Gasteiger partial charge in [0.25, 0.3) is 0 Å². The van der Waals surface area contributed by atoms with Gasteiger partial charge in [0.2, 0.25) is 0 Å². The quantitative estimate of drug-likeness (QED) is 0.568. The van der Waals surface area contributed by atoms with Gasteiger partial charge >= 0.3 is 0 Å². The van der Waals surface area contributed by atoms with Crippen molar-refractivity contribution in [3.05, 3.63) is 0 Å². The molecule has 0 amide bonds. The molecule has 0 bridgehead atoms. The van der Waals surface area contributed by atoms with E-state index in [0.29, 0.717) is 0 Å². The maximum absolute atomic E-state index is 2.45. The fourth-order valence-corrected chi connectivity index (χ4v) is 2.04. The maximum Gasteiger partial charge on any atom is 0.000975 e. The van der Waals surface area contributed by atoms with Gasteiger partial charge in [-0.3, -0.25) is 0 Å². The van der Waals surface area contributed by atoms with Gasteiger partial charge in [0, 0.05) is 13.1 Å². The van der Waals surface area contributed by atoms with E-state index in [0.717, 1.165) is 11.8 Å². The van der Waals surface area contributed by atoms with E-state index in [1.807, 2.05) is 0 Å². The van der Waals surface area contributed by atoms with E-state index in [2.05, 4.69) is 25.8 Å². The van der Waals surface area contributed by atoms with Crippen LogP contribution in [0.2, 0.25) is 0 Å². The Balaban J connectivity index is 2.31. The largest absolute Gasteiger partial charge is 0.306 e. The summed E-state index contributed by atoms with van der Waals surface area (Å²) in [7, 11) is 2.23. The van der Waals surface area contributed by atoms with Gasteiger partial charge in [-0.05, 0) is 25.3 Å². The van der Waals surface area contributed by atoms with Gasteiger partial charge in [-0.25, -0.2) is 0 Å². The van der Waals surface area contributed by atoms with E-state index in [4.69, 9.17) is 0 Å². The monoisotopic (exact) mass is 141 g/mol. The molecule has 0 aromatic rings. The lowest BCUT2D eigenvalue weighted by molar-refractivity contribution is 0.386. The summed E-state index contributed by atoms with van der Waals surface area (Å²) < 4.78 is 0. The van der Waals surface area contributed by atoms with Crippen molar-refractivity contribution in [1.82, 2.24) is 4.90 Å². The molecule has 0 aliphatic carbocycles. The average Bonchev–Trinajstić information content (AvgIpc) is 2.13. The number of hydrogen-bond acceptors (Lipinski definition) is 1. The topological polar surface area (TPSA) is 3.24 Å². The van der Waals surface area contributed by atoms with Crippen molar-refractivity contribution < 1.29 is 0 Å². The first kappa shape index (κ1) is 8.06. The van der Waals surface area contributed by atoms with Gasteiger partial charge < -0.3 is 4.90 Å². The first-order chi connectivity index (χ1) is 4.74. The third kappa shape index (κ3) is 1.72. The molecule has 1 heteroatoms. The van der Waals surface area contributed by atoms with Crippen molar-refractivity contribution >= 4 is 0 Å². The third-order valence-corrected chi connectivity index (χ3v) is 2.61. The molecular weight excluding hydrogens is 122 g/mol. The van der Waals surface area contributed by atoms with E-state index in [-0.39, 0.29) is 0 Å². The minimum absolute atomic E-state index is 0.935. The Morgan fingerprint density at radius 3 is 2.50 bits per heavy atom. The van der Waals surface area contributed by atoms with Gasteiger partial charge in [0.1, 0.15) is 0 Å². The number of nitrogens with zero attached hydrogens (tertiary/aromatic N) is 1. The molecular formula is C9H19N. The van der Waals surface area contributed by atoms with Crippen molar-refractivity contribution in [2.75, 3.05) is 20.1 Å². The molecule has 0 spiro atoms. The molecule has 0 N–H and O–H groups in total. The molecule has 60 valence electrons. The standard InChI is InChI=1S/C9H19N/c1-4-5-9-7-10(3)6-8(9)2/h8-9H,4-7H2,1-3H3/t8-,9?/m1/s1. The van der Waals surface area contributed by atoms with Crippen LogP contribution in [0.15, 0.2) is 0 Å². The predicted molar refractivity (Wildman–Crippen MR) is 45.1 cm³/mol. The molecule has 1 aliphatic rings. The summed E-state index contributed by atoms with van der Waals surface area (Å²) in [5.74, 6) is 1.92. The van der Waals surface area contributed by atoms with E-state index < -0.39 is 0 Å². The Morgan fingerprint density at radius 2 is 2.10 bits per heavy atom. The zero-order chi connectivity index (χ0) is 7.56. The Labute approximate surface area is 64.4 Å². The predicted octanol–water partition coefficient (Wildman–Crippen LogP) is 1.98. The van der Waals surface area contributed by atoms with Gasteiger partial charge in [0.05, 0.1) is 0 Å². The molecule has 0 aromatic heterocycles. The molecule has 1 fully saturated rings. The minimum atomic E-state index is 0.935. The SMILES string of the molecule is CCCC1CN(C)C[C@H]1C. The summed E-state index contributed by atoms with van der Waals surface area (Å²) >= 11 is 0. The minimum Gasteiger partial charge on any atom is -0.306 e. The van der Waals surface area contributed by atoms with Crippen molar-refractivity contribution in [3.8, 4) is 0 Å². The summed E-state index contributed by atoms with van der Waals surface area (Å²) in [4.78, 5) is 2.45. The highest BCUT2D eigenvalue weighted by atomic mass is 15.1. The van der Waals surface area contributed by atoms with Gasteiger partial charge in [-0.1, -0.05) is 20.3 Å². The first-order valence-electron chi connectivity index (χ1n) is 4.42. The lowest BCUT2D eigenvalue weighted by Crippen LogP contribution is -2.13. The molecule has 1 saturated heterocycles. The van der Waals surface area contributed by atoms with Crippen molar-refractivity contribution in [1.29, 1.82) is 0 Å². The van der Waals surface area contributed by atoms with Crippen LogP contribution in [0.5, 0.6) is 0 Å². The second-order valence-electron chi connectivity index (χ2n) is 3.75. The molecule has 1 nitrogen and oxygen atoms in total.